The lowest BCUT2D eigenvalue weighted by atomic mass is 10.2. The van der Waals surface area contributed by atoms with Crippen molar-refractivity contribution in [2.75, 3.05) is 19.5 Å². The molecule has 0 saturated carbocycles. The van der Waals surface area contributed by atoms with E-state index in [1.165, 1.54) is 25.5 Å². The number of thiophene rings is 1. The zero-order valence-electron chi connectivity index (χ0n) is 11.1. The van der Waals surface area contributed by atoms with Crippen LogP contribution in [0.3, 0.4) is 0 Å². The van der Waals surface area contributed by atoms with Gasteiger partial charge in [-0.25, -0.2) is 5.06 Å². The molecule has 0 saturated heterocycles. The van der Waals surface area contributed by atoms with Crippen LogP contribution < -0.4 is 5.32 Å². The van der Waals surface area contributed by atoms with E-state index >= 15 is 0 Å². The molecule has 0 radical (unpaired) electrons. The van der Waals surface area contributed by atoms with Gasteiger partial charge in [0.1, 0.15) is 0 Å². The Bertz CT molecular complexity index is 611. The first kappa shape index (κ1) is 14.2. The van der Waals surface area contributed by atoms with Crippen LogP contribution in [0, 0.1) is 0 Å². The normalized spacial score (nSPS) is 10.1. The lowest BCUT2D eigenvalue weighted by Gasteiger charge is -2.14. The monoisotopic (exact) mass is 290 g/mol. The number of hydrogen-bond acceptors (Lipinski definition) is 4. The van der Waals surface area contributed by atoms with Crippen LogP contribution >= 0.6 is 11.3 Å². The molecule has 20 heavy (non-hydrogen) atoms. The van der Waals surface area contributed by atoms with Crippen LogP contribution in [0.25, 0.3) is 0 Å². The number of carbonyl (C=O) groups is 2. The Labute approximate surface area is 120 Å². The Morgan fingerprint density at radius 3 is 2.70 bits per heavy atom. The quantitative estimate of drug-likeness (QED) is 0.881. The van der Waals surface area contributed by atoms with Gasteiger partial charge in [-0.1, -0.05) is 12.1 Å². The van der Waals surface area contributed by atoms with E-state index in [1.807, 2.05) is 11.4 Å². The van der Waals surface area contributed by atoms with Crippen molar-refractivity contribution in [2.45, 2.75) is 0 Å². The van der Waals surface area contributed by atoms with E-state index in [-0.39, 0.29) is 11.8 Å². The SMILES string of the molecule is CON(C)C(=O)c1cccc(NC(=O)c2cccs2)c1. The highest BCUT2D eigenvalue weighted by Gasteiger charge is 2.13. The van der Waals surface area contributed by atoms with Crippen molar-refractivity contribution in [3.63, 3.8) is 0 Å². The maximum atomic E-state index is 11.9. The predicted molar refractivity (Wildman–Crippen MR) is 77.8 cm³/mol. The summed E-state index contributed by atoms with van der Waals surface area (Å²) in [6.45, 7) is 0. The molecule has 6 heteroatoms. The second kappa shape index (κ2) is 6.31. The molecule has 104 valence electrons. The van der Waals surface area contributed by atoms with E-state index in [0.29, 0.717) is 16.1 Å². The van der Waals surface area contributed by atoms with Gasteiger partial charge in [0.15, 0.2) is 0 Å². The molecule has 1 aromatic carbocycles. The highest BCUT2D eigenvalue weighted by atomic mass is 32.1. The number of benzene rings is 1. The van der Waals surface area contributed by atoms with E-state index in [1.54, 1.807) is 30.3 Å². The van der Waals surface area contributed by atoms with Gasteiger partial charge in [0.25, 0.3) is 11.8 Å². The number of nitrogens with zero attached hydrogens (tertiary/aromatic N) is 1. The summed E-state index contributed by atoms with van der Waals surface area (Å²) in [6, 6.07) is 10.3. The fraction of sp³-hybridized carbons (Fsp3) is 0.143. The molecule has 5 nitrogen and oxygen atoms in total. The van der Waals surface area contributed by atoms with Gasteiger partial charge in [0, 0.05) is 18.3 Å². The third-order valence-electron chi connectivity index (χ3n) is 2.67. The molecule has 0 spiro atoms. The van der Waals surface area contributed by atoms with Crippen LogP contribution in [0.2, 0.25) is 0 Å². The molecule has 0 fully saturated rings. The molecule has 0 unspecified atom stereocenters. The van der Waals surface area contributed by atoms with E-state index in [4.69, 9.17) is 4.84 Å². The number of hydrogen-bond donors (Lipinski definition) is 1. The molecule has 1 N–H and O–H groups in total. The van der Waals surface area contributed by atoms with Gasteiger partial charge in [-0.3, -0.25) is 14.4 Å². The summed E-state index contributed by atoms with van der Waals surface area (Å²) in [6.07, 6.45) is 0. The molecule has 2 aromatic rings. The van der Waals surface area contributed by atoms with Crippen molar-refractivity contribution < 1.29 is 14.4 Å². The zero-order chi connectivity index (χ0) is 14.5. The van der Waals surface area contributed by atoms with E-state index in [2.05, 4.69) is 5.32 Å². The summed E-state index contributed by atoms with van der Waals surface area (Å²) >= 11 is 1.36. The zero-order valence-corrected chi connectivity index (χ0v) is 11.9. The third kappa shape index (κ3) is 3.23. The molecular weight excluding hydrogens is 276 g/mol. The predicted octanol–water partition coefficient (Wildman–Crippen LogP) is 2.63. The molecule has 2 amide bonds. The average Bonchev–Trinajstić information content (AvgIpc) is 3.00. The minimum Gasteiger partial charge on any atom is -0.321 e. The van der Waals surface area contributed by atoms with Gasteiger partial charge in [-0.2, -0.15) is 0 Å². The summed E-state index contributed by atoms with van der Waals surface area (Å²) in [5, 5.41) is 5.72. The number of hydroxylamine groups is 2. The van der Waals surface area contributed by atoms with Gasteiger partial charge < -0.3 is 5.32 Å². The van der Waals surface area contributed by atoms with Crippen LogP contribution in [0.15, 0.2) is 41.8 Å². The van der Waals surface area contributed by atoms with Crippen LogP contribution in [0.1, 0.15) is 20.0 Å². The van der Waals surface area contributed by atoms with Crippen molar-refractivity contribution in [2.24, 2.45) is 0 Å². The Morgan fingerprint density at radius 2 is 2.05 bits per heavy atom. The summed E-state index contributed by atoms with van der Waals surface area (Å²) in [4.78, 5) is 29.3. The van der Waals surface area contributed by atoms with Crippen LogP contribution in [-0.2, 0) is 4.84 Å². The maximum absolute atomic E-state index is 11.9. The van der Waals surface area contributed by atoms with Crippen molar-refractivity contribution >= 4 is 28.8 Å². The third-order valence-corrected chi connectivity index (χ3v) is 3.54. The van der Waals surface area contributed by atoms with E-state index in [9.17, 15) is 9.59 Å². The highest BCUT2D eigenvalue weighted by Crippen LogP contribution is 2.15. The fourth-order valence-electron chi connectivity index (χ4n) is 1.60. The summed E-state index contributed by atoms with van der Waals surface area (Å²) in [5.74, 6) is -0.468. The minimum atomic E-state index is -0.278. The van der Waals surface area contributed by atoms with Crippen LogP contribution in [-0.4, -0.2) is 31.0 Å². The first-order valence-corrected chi connectivity index (χ1v) is 6.77. The summed E-state index contributed by atoms with van der Waals surface area (Å²) in [7, 11) is 2.94. The Morgan fingerprint density at radius 1 is 1.25 bits per heavy atom. The number of anilines is 1. The van der Waals surface area contributed by atoms with Crippen molar-refractivity contribution in [1.29, 1.82) is 0 Å². The van der Waals surface area contributed by atoms with Crippen molar-refractivity contribution in [3.8, 4) is 0 Å². The Hall–Kier alpha value is -2.18. The Balaban J connectivity index is 2.14. The summed E-state index contributed by atoms with van der Waals surface area (Å²) in [5.41, 5.74) is 1.01. The minimum absolute atomic E-state index is 0.190. The van der Waals surface area contributed by atoms with Gasteiger partial charge in [0.05, 0.1) is 12.0 Å². The molecule has 0 aliphatic carbocycles. The molecule has 1 heterocycles. The first-order chi connectivity index (χ1) is 9.61. The molecule has 0 atom stereocenters. The number of amides is 2. The van der Waals surface area contributed by atoms with E-state index < -0.39 is 0 Å². The maximum Gasteiger partial charge on any atom is 0.277 e. The largest absolute Gasteiger partial charge is 0.321 e. The van der Waals surface area contributed by atoms with Crippen LogP contribution in [0.4, 0.5) is 5.69 Å². The lowest BCUT2D eigenvalue weighted by molar-refractivity contribution is -0.0756. The molecule has 0 aliphatic rings. The second-order valence-electron chi connectivity index (χ2n) is 4.00. The number of nitrogens with one attached hydrogen (secondary N) is 1. The van der Waals surface area contributed by atoms with Crippen molar-refractivity contribution in [1.82, 2.24) is 5.06 Å². The molecule has 0 aliphatic heterocycles. The highest BCUT2D eigenvalue weighted by molar-refractivity contribution is 7.12. The smallest absolute Gasteiger partial charge is 0.277 e. The molecule has 2 rings (SSSR count). The standard InChI is InChI=1S/C14H14N2O3S/c1-16(19-2)14(18)10-5-3-6-11(9-10)15-13(17)12-7-4-8-20-12/h3-9H,1-2H3,(H,15,17). The van der Waals surface area contributed by atoms with Crippen LogP contribution in [0.5, 0.6) is 0 Å². The van der Waals surface area contributed by atoms with Gasteiger partial charge in [0.2, 0.25) is 0 Å². The topological polar surface area (TPSA) is 58.6 Å². The van der Waals surface area contributed by atoms with Gasteiger partial charge in [-0.05, 0) is 29.6 Å². The van der Waals surface area contributed by atoms with Crippen molar-refractivity contribution in [3.05, 3.63) is 52.2 Å². The Kier molecular flexibility index (Phi) is 4.49. The first-order valence-electron chi connectivity index (χ1n) is 5.89. The number of rotatable bonds is 4. The van der Waals surface area contributed by atoms with E-state index in [0.717, 1.165) is 5.06 Å². The second-order valence-corrected chi connectivity index (χ2v) is 4.95. The van der Waals surface area contributed by atoms with Gasteiger partial charge in [-0.15, -0.1) is 11.3 Å². The van der Waals surface area contributed by atoms with Gasteiger partial charge >= 0.3 is 0 Å². The fourth-order valence-corrected chi connectivity index (χ4v) is 2.21. The number of carbonyl (C=O) groups excluding carboxylic acids is 2. The molecular formula is C14H14N2O3S. The molecule has 0 bridgehead atoms. The lowest BCUT2D eigenvalue weighted by Crippen LogP contribution is -2.25. The molecule has 1 aromatic heterocycles. The summed E-state index contributed by atoms with van der Waals surface area (Å²) < 4.78 is 0. The average molecular weight is 290 g/mol.